The molecule has 2 aromatic carbocycles. The first-order valence-electron chi connectivity index (χ1n) is 12.0. The minimum Gasteiger partial charge on any atom is -0.287 e. The number of rotatable bonds is 5. The van der Waals surface area contributed by atoms with Gasteiger partial charge in [0.2, 0.25) is 0 Å². The topological polar surface area (TPSA) is 146 Å². The molecular weight excluding hydrogens is 576 g/mol. The van der Waals surface area contributed by atoms with E-state index in [1.807, 2.05) is 0 Å². The summed E-state index contributed by atoms with van der Waals surface area (Å²) in [6, 6.07) is 16.2. The smallest absolute Gasteiger partial charge is 0.287 e. The van der Waals surface area contributed by atoms with E-state index in [1.54, 1.807) is 48.5 Å². The Morgan fingerprint density at radius 3 is 1.29 bits per heavy atom. The Kier molecular flexibility index (Phi) is 9.45. The number of carbonyl (C=O) groups is 2. The molecule has 12 heteroatoms. The van der Waals surface area contributed by atoms with Crippen molar-refractivity contribution in [2.45, 2.75) is 23.6 Å². The summed E-state index contributed by atoms with van der Waals surface area (Å²) in [5, 5.41) is 24.2. The van der Waals surface area contributed by atoms with Crippen LogP contribution in [0.2, 0.25) is 0 Å². The van der Waals surface area contributed by atoms with Crippen molar-refractivity contribution in [3.05, 3.63) is 116 Å². The van der Waals surface area contributed by atoms with Crippen molar-refractivity contribution in [3.8, 4) is 35.1 Å². The molecule has 0 atom stereocenters. The van der Waals surface area contributed by atoms with Crippen LogP contribution in [0.3, 0.4) is 0 Å². The second-order valence-corrected chi connectivity index (χ2v) is 10.9. The first-order valence-corrected chi connectivity index (χ1v) is 13.6. The van der Waals surface area contributed by atoms with Gasteiger partial charge in [0.25, 0.3) is 0 Å². The molecule has 0 fully saturated rings. The predicted molar refractivity (Wildman–Crippen MR) is 159 cm³/mol. The van der Waals surface area contributed by atoms with Crippen molar-refractivity contribution >= 4 is 45.1 Å². The quantitative estimate of drug-likeness (QED) is 0.116. The molecule has 4 aromatic rings. The van der Waals surface area contributed by atoms with Gasteiger partial charge in [-0.25, -0.2) is 9.97 Å². The molecule has 0 N–H and O–H groups in total. The largest absolute Gasteiger partial charge is 0.312 e. The van der Waals surface area contributed by atoms with Crippen LogP contribution >= 0.6 is 23.5 Å². The number of hydrogen-bond donors (Lipinski definition) is 0. The van der Waals surface area contributed by atoms with Crippen LogP contribution in [0.1, 0.15) is 36.1 Å². The molecule has 0 aliphatic carbocycles. The van der Waals surface area contributed by atoms with E-state index in [-0.39, 0.29) is 32.7 Å². The van der Waals surface area contributed by atoms with E-state index in [9.17, 15) is 29.8 Å². The van der Waals surface area contributed by atoms with Gasteiger partial charge in [-0.2, -0.15) is 0 Å². The molecule has 0 unspecified atom stereocenters. The van der Waals surface area contributed by atoms with Gasteiger partial charge in [-0.3, -0.25) is 29.8 Å². The van der Waals surface area contributed by atoms with Gasteiger partial charge >= 0.3 is 11.4 Å². The van der Waals surface area contributed by atoms with Crippen molar-refractivity contribution in [1.29, 1.82) is 0 Å². The zero-order chi connectivity index (χ0) is 30.2. The molecule has 42 heavy (non-hydrogen) atoms. The zero-order valence-electron chi connectivity index (χ0n) is 22.0. The third-order valence-corrected chi connectivity index (χ3v) is 6.94. The Balaban J connectivity index is 1.75. The van der Waals surface area contributed by atoms with Crippen molar-refractivity contribution < 1.29 is 19.4 Å². The fraction of sp³-hybridized carbons (Fsp3) is 0.0667. The molecule has 0 bridgehead atoms. The highest BCUT2D eigenvalue weighted by Gasteiger charge is 2.30. The average Bonchev–Trinajstić information content (AvgIpc) is 2.95. The number of nitrogens with zero attached hydrogens (tertiary/aromatic N) is 4. The highest BCUT2D eigenvalue weighted by atomic mass is 32.2. The van der Waals surface area contributed by atoms with Gasteiger partial charge in [0, 0.05) is 47.2 Å². The summed E-state index contributed by atoms with van der Waals surface area (Å²) in [4.78, 5) is 55.1. The van der Waals surface area contributed by atoms with E-state index in [2.05, 4.69) is 33.6 Å². The van der Waals surface area contributed by atoms with Crippen molar-refractivity contribution in [2.75, 3.05) is 0 Å². The molecule has 0 amide bonds. The minimum atomic E-state index is -0.705. The molecule has 0 radical (unpaired) electrons. The van der Waals surface area contributed by atoms with E-state index < -0.39 is 21.2 Å². The lowest BCUT2D eigenvalue weighted by molar-refractivity contribution is -0.387. The number of aromatic nitrogens is 2. The molecule has 0 saturated carbocycles. The van der Waals surface area contributed by atoms with Crippen LogP contribution in [-0.2, 0) is 9.59 Å². The number of nitro groups is 2. The maximum Gasteiger partial charge on any atom is 0.312 e. The molecule has 0 spiro atoms. The maximum absolute atomic E-state index is 12.2. The van der Waals surface area contributed by atoms with Gasteiger partial charge < -0.3 is 0 Å². The summed E-state index contributed by atoms with van der Waals surface area (Å²) in [6.45, 7) is 2.91. The average molecular weight is 595 g/mol. The van der Waals surface area contributed by atoms with Crippen LogP contribution < -0.4 is 0 Å². The van der Waals surface area contributed by atoms with E-state index in [4.69, 9.17) is 0 Å². The molecular formula is C30H18N4O6S2. The van der Waals surface area contributed by atoms with Gasteiger partial charge in [-0.1, -0.05) is 47.2 Å². The summed E-state index contributed by atoms with van der Waals surface area (Å²) in [5.74, 6) is 11.2. The number of thioether (sulfide) groups is 2. The second-order valence-electron chi connectivity index (χ2n) is 8.36. The van der Waals surface area contributed by atoms with Crippen LogP contribution in [0.25, 0.3) is 11.4 Å². The highest BCUT2D eigenvalue weighted by Crippen LogP contribution is 2.36. The first-order chi connectivity index (χ1) is 20.1. The lowest BCUT2D eigenvalue weighted by atomic mass is 10.1. The number of carbonyl (C=O) groups excluding carboxylic acids is 2. The molecule has 4 rings (SSSR count). The summed E-state index contributed by atoms with van der Waals surface area (Å²) in [5.41, 5.74) is -0.635. The summed E-state index contributed by atoms with van der Waals surface area (Å²) in [7, 11) is 0. The molecule has 0 aliphatic heterocycles. The monoisotopic (exact) mass is 594 g/mol. The van der Waals surface area contributed by atoms with Crippen molar-refractivity contribution in [3.63, 3.8) is 0 Å². The van der Waals surface area contributed by atoms with Gasteiger partial charge in [-0.15, -0.1) is 0 Å². The molecule has 0 aliphatic rings. The van der Waals surface area contributed by atoms with E-state index in [1.165, 1.54) is 38.4 Å². The fourth-order valence-corrected chi connectivity index (χ4v) is 4.86. The molecule has 2 aromatic heterocycles. The Labute approximate surface area is 248 Å². The van der Waals surface area contributed by atoms with Crippen LogP contribution in [0.5, 0.6) is 0 Å². The van der Waals surface area contributed by atoms with Gasteiger partial charge in [0.15, 0.2) is 21.6 Å². The third-order valence-electron chi connectivity index (χ3n) is 5.35. The predicted octanol–water partition coefficient (Wildman–Crippen LogP) is 6.04. The third kappa shape index (κ3) is 7.46. The van der Waals surface area contributed by atoms with Crippen molar-refractivity contribution in [2.24, 2.45) is 0 Å². The highest BCUT2D eigenvalue weighted by molar-refractivity contribution is 8.13. The maximum atomic E-state index is 12.2. The fourth-order valence-electron chi connectivity index (χ4n) is 3.65. The van der Waals surface area contributed by atoms with E-state index in [0.717, 1.165) is 33.3 Å². The second kappa shape index (κ2) is 13.4. The lowest BCUT2D eigenvalue weighted by Gasteiger charge is -2.05. The van der Waals surface area contributed by atoms with Crippen LogP contribution in [0.15, 0.2) is 82.8 Å². The SMILES string of the molecule is CC(=O)Sc1ccc(C#Cc2ccnc(-c3nccc(C#Cc4ccc(SC(C)=O)cc4)c3[N+](=O)[O-])c2[N+](=O)[O-])cc1. The Hall–Kier alpha value is -5.30. The standard InChI is InChI=1S/C30H18N4O6S2/c1-19(35)41-25-11-5-21(6-12-25)3-9-23-15-17-31-27(29(23)33(37)38)28-30(34(39)40)24(16-18-32-28)10-4-22-7-13-26(14-8-22)42-20(2)36/h5-8,11-18H,1-2H3. The van der Waals surface area contributed by atoms with Gasteiger partial charge in [-0.05, 0) is 60.7 Å². The van der Waals surface area contributed by atoms with Crippen molar-refractivity contribution in [1.82, 2.24) is 9.97 Å². The number of benzene rings is 2. The molecule has 206 valence electrons. The Morgan fingerprint density at radius 1 is 0.619 bits per heavy atom. The van der Waals surface area contributed by atoms with Crippen LogP contribution in [0.4, 0.5) is 11.4 Å². The summed E-state index contributed by atoms with van der Waals surface area (Å²) < 4.78 is 0. The van der Waals surface area contributed by atoms with Gasteiger partial charge in [0.1, 0.15) is 11.1 Å². The van der Waals surface area contributed by atoms with E-state index in [0.29, 0.717) is 11.1 Å². The summed E-state index contributed by atoms with van der Waals surface area (Å²) >= 11 is 2.14. The van der Waals surface area contributed by atoms with Crippen LogP contribution in [-0.4, -0.2) is 30.0 Å². The summed E-state index contributed by atoms with van der Waals surface area (Å²) in [6.07, 6.45) is 2.53. The lowest BCUT2D eigenvalue weighted by Crippen LogP contribution is -2.03. The number of pyridine rings is 2. The molecule has 2 heterocycles. The van der Waals surface area contributed by atoms with E-state index >= 15 is 0 Å². The molecule has 10 nitrogen and oxygen atoms in total. The number of hydrogen-bond acceptors (Lipinski definition) is 10. The van der Waals surface area contributed by atoms with Gasteiger partial charge in [0.05, 0.1) is 9.85 Å². The molecule has 0 saturated heterocycles. The zero-order valence-corrected chi connectivity index (χ0v) is 23.6. The minimum absolute atomic E-state index is 0.0108. The normalized spacial score (nSPS) is 10.0. The Bertz CT molecular complexity index is 1710. The first kappa shape index (κ1) is 29.7. The van der Waals surface area contributed by atoms with Crippen LogP contribution in [0, 0.1) is 43.9 Å². The Morgan fingerprint density at radius 2 is 0.976 bits per heavy atom.